The van der Waals surface area contributed by atoms with Gasteiger partial charge in [0.25, 0.3) is 5.91 Å². The van der Waals surface area contributed by atoms with E-state index in [2.05, 4.69) is 22.4 Å². The predicted molar refractivity (Wildman–Crippen MR) is 73.1 cm³/mol. The molecule has 1 fully saturated rings. The van der Waals surface area contributed by atoms with Crippen molar-refractivity contribution >= 4 is 5.91 Å². The predicted octanol–water partition coefficient (Wildman–Crippen LogP) is 1.17. The number of nitrogens with zero attached hydrogens (tertiary/aromatic N) is 3. The molecule has 0 spiro atoms. The average Bonchev–Trinajstić information content (AvgIpc) is 3.01. The Hall–Kier alpha value is -2.21. The van der Waals surface area contributed by atoms with Crippen LogP contribution in [0, 0.1) is 0 Å². The number of carbonyl (C=O) groups is 1. The number of amides is 1. The molecular formula is C14H16N4O2. The van der Waals surface area contributed by atoms with E-state index in [1.54, 1.807) is 0 Å². The molecule has 0 radical (unpaired) electrons. The van der Waals surface area contributed by atoms with Crippen molar-refractivity contribution in [2.45, 2.75) is 13.0 Å². The Kier molecular flexibility index (Phi) is 3.47. The van der Waals surface area contributed by atoms with E-state index in [1.807, 2.05) is 29.2 Å². The van der Waals surface area contributed by atoms with Gasteiger partial charge in [-0.2, -0.15) is 4.98 Å². The first-order valence-corrected chi connectivity index (χ1v) is 6.64. The maximum Gasteiger partial charge on any atom is 0.254 e. The third-order valence-electron chi connectivity index (χ3n) is 3.51. The van der Waals surface area contributed by atoms with E-state index >= 15 is 0 Å². The summed E-state index contributed by atoms with van der Waals surface area (Å²) in [7, 11) is 0. The van der Waals surface area contributed by atoms with Gasteiger partial charge in [-0.05, 0) is 19.1 Å². The molecule has 1 aromatic carbocycles. The maximum absolute atomic E-state index is 12.5. The lowest BCUT2D eigenvalue weighted by atomic mass is 10.1. The van der Waals surface area contributed by atoms with Crippen molar-refractivity contribution in [2.24, 2.45) is 0 Å². The number of piperazine rings is 1. The van der Waals surface area contributed by atoms with Crippen molar-refractivity contribution in [3.05, 3.63) is 36.2 Å². The molecule has 104 valence electrons. The van der Waals surface area contributed by atoms with E-state index in [9.17, 15) is 4.79 Å². The smallest absolute Gasteiger partial charge is 0.254 e. The highest BCUT2D eigenvalue weighted by Crippen LogP contribution is 2.17. The van der Waals surface area contributed by atoms with Gasteiger partial charge in [-0.25, -0.2) is 0 Å². The first kappa shape index (κ1) is 12.8. The minimum atomic E-state index is 0.0682. The summed E-state index contributed by atoms with van der Waals surface area (Å²) in [5, 5.41) is 7.05. The number of carbonyl (C=O) groups excluding carboxylic acids is 1. The van der Waals surface area contributed by atoms with E-state index in [4.69, 9.17) is 4.52 Å². The zero-order chi connectivity index (χ0) is 13.9. The Morgan fingerprint density at radius 2 is 2.20 bits per heavy atom. The van der Waals surface area contributed by atoms with E-state index < -0.39 is 0 Å². The summed E-state index contributed by atoms with van der Waals surface area (Å²) in [6.45, 7) is 4.48. The maximum atomic E-state index is 12.5. The summed E-state index contributed by atoms with van der Waals surface area (Å²) in [6.07, 6.45) is 1.29. The van der Waals surface area contributed by atoms with E-state index in [1.165, 1.54) is 6.39 Å². The van der Waals surface area contributed by atoms with Crippen LogP contribution in [0.5, 0.6) is 0 Å². The standard InChI is InChI=1S/C14H16N4O2/c1-10-8-15-6-7-18(10)14(19)12-4-2-11(3-5-12)13-16-9-20-17-13/h2-5,9-10,15H,6-8H2,1H3. The molecule has 3 rings (SSSR count). The fraction of sp³-hybridized carbons (Fsp3) is 0.357. The Labute approximate surface area is 116 Å². The molecule has 1 amide bonds. The normalized spacial score (nSPS) is 19.1. The molecule has 0 aliphatic carbocycles. The molecule has 1 aliphatic rings. The Bertz CT molecular complexity index is 580. The summed E-state index contributed by atoms with van der Waals surface area (Å²) >= 11 is 0. The van der Waals surface area contributed by atoms with Gasteiger partial charge >= 0.3 is 0 Å². The highest BCUT2D eigenvalue weighted by molar-refractivity contribution is 5.94. The van der Waals surface area contributed by atoms with Gasteiger partial charge in [0.2, 0.25) is 12.2 Å². The van der Waals surface area contributed by atoms with Crippen molar-refractivity contribution in [1.82, 2.24) is 20.4 Å². The summed E-state index contributed by atoms with van der Waals surface area (Å²) in [5.41, 5.74) is 1.52. The third kappa shape index (κ3) is 2.42. The van der Waals surface area contributed by atoms with Gasteiger partial charge in [0.15, 0.2) is 0 Å². The second kappa shape index (κ2) is 5.42. The van der Waals surface area contributed by atoms with Gasteiger partial charge in [-0.1, -0.05) is 17.3 Å². The first-order chi connectivity index (χ1) is 9.75. The minimum Gasteiger partial charge on any atom is -0.342 e. The molecule has 6 heteroatoms. The van der Waals surface area contributed by atoms with Crippen LogP contribution in [0.2, 0.25) is 0 Å². The van der Waals surface area contributed by atoms with Crippen LogP contribution >= 0.6 is 0 Å². The number of nitrogens with one attached hydrogen (secondary N) is 1. The molecule has 1 saturated heterocycles. The van der Waals surface area contributed by atoms with Crippen LogP contribution in [0.25, 0.3) is 11.4 Å². The molecule has 1 N–H and O–H groups in total. The summed E-state index contributed by atoms with van der Waals surface area (Å²) in [6, 6.07) is 7.51. The van der Waals surface area contributed by atoms with Crippen LogP contribution in [-0.2, 0) is 0 Å². The van der Waals surface area contributed by atoms with Crippen molar-refractivity contribution in [3.63, 3.8) is 0 Å². The number of benzene rings is 1. The van der Waals surface area contributed by atoms with Gasteiger partial charge in [-0.15, -0.1) is 0 Å². The van der Waals surface area contributed by atoms with Crippen LogP contribution in [0.3, 0.4) is 0 Å². The lowest BCUT2D eigenvalue weighted by Gasteiger charge is -2.34. The number of hydrogen-bond donors (Lipinski definition) is 1. The highest BCUT2D eigenvalue weighted by atomic mass is 16.5. The largest absolute Gasteiger partial charge is 0.342 e. The molecule has 0 bridgehead atoms. The topological polar surface area (TPSA) is 71.3 Å². The quantitative estimate of drug-likeness (QED) is 0.888. The molecule has 20 heavy (non-hydrogen) atoms. The molecule has 1 aromatic heterocycles. The second-order valence-electron chi connectivity index (χ2n) is 4.88. The number of aromatic nitrogens is 2. The van der Waals surface area contributed by atoms with Crippen LogP contribution in [-0.4, -0.2) is 46.6 Å². The van der Waals surface area contributed by atoms with E-state index in [-0.39, 0.29) is 11.9 Å². The van der Waals surface area contributed by atoms with Gasteiger partial charge in [0.1, 0.15) is 0 Å². The Morgan fingerprint density at radius 3 is 2.85 bits per heavy atom. The minimum absolute atomic E-state index is 0.0682. The van der Waals surface area contributed by atoms with Gasteiger partial charge < -0.3 is 14.7 Å². The summed E-state index contributed by atoms with van der Waals surface area (Å²) < 4.78 is 4.71. The van der Waals surface area contributed by atoms with E-state index in [0.717, 1.165) is 25.2 Å². The Balaban J connectivity index is 1.78. The number of hydrogen-bond acceptors (Lipinski definition) is 5. The van der Waals surface area contributed by atoms with Crippen molar-refractivity contribution in [1.29, 1.82) is 0 Å². The molecule has 6 nitrogen and oxygen atoms in total. The lowest BCUT2D eigenvalue weighted by Crippen LogP contribution is -2.52. The molecule has 1 aliphatic heterocycles. The SMILES string of the molecule is CC1CNCCN1C(=O)c1ccc(-c2ncon2)cc1. The molecule has 1 atom stereocenters. The monoisotopic (exact) mass is 272 g/mol. The zero-order valence-electron chi connectivity index (χ0n) is 11.2. The number of rotatable bonds is 2. The highest BCUT2D eigenvalue weighted by Gasteiger charge is 2.23. The van der Waals surface area contributed by atoms with Crippen LogP contribution < -0.4 is 5.32 Å². The van der Waals surface area contributed by atoms with Gasteiger partial charge in [0.05, 0.1) is 0 Å². The third-order valence-corrected chi connectivity index (χ3v) is 3.51. The van der Waals surface area contributed by atoms with Gasteiger partial charge in [-0.3, -0.25) is 4.79 Å². The van der Waals surface area contributed by atoms with E-state index in [0.29, 0.717) is 11.4 Å². The fourth-order valence-electron chi connectivity index (χ4n) is 2.37. The first-order valence-electron chi connectivity index (χ1n) is 6.64. The molecule has 2 heterocycles. The van der Waals surface area contributed by atoms with Crippen molar-refractivity contribution in [3.8, 4) is 11.4 Å². The molecule has 2 aromatic rings. The summed E-state index contributed by atoms with van der Waals surface area (Å²) in [4.78, 5) is 18.3. The van der Waals surface area contributed by atoms with Crippen LogP contribution in [0.1, 0.15) is 17.3 Å². The summed E-state index contributed by atoms with van der Waals surface area (Å²) in [5.74, 6) is 0.596. The average molecular weight is 272 g/mol. The van der Waals surface area contributed by atoms with Crippen LogP contribution in [0.4, 0.5) is 0 Å². The van der Waals surface area contributed by atoms with Crippen molar-refractivity contribution in [2.75, 3.05) is 19.6 Å². The molecule has 0 saturated carbocycles. The zero-order valence-corrected chi connectivity index (χ0v) is 11.2. The van der Waals surface area contributed by atoms with Crippen molar-refractivity contribution < 1.29 is 9.32 Å². The second-order valence-corrected chi connectivity index (χ2v) is 4.88. The molecule has 1 unspecified atom stereocenters. The van der Waals surface area contributed by atoms with Crippen LogP contribution in [0.15, 0.2) is 35.2 Å². The van der Waals surface area contributed by atoms with Gasteiger partial charge in [0, 0.05) is 36.8 Å². The lowest BCUT2D eigenvalue weighted by molar-refractivity contribution is 0.0656. The fourth-order valence-corrected chi connectivity index (χ4v) is 2.37. The Morgan fingerprint density at radius 1 is 1.40 bits per heavy atom. The molecular weight excluding hydrogens is 256 g/mol.